The second-order valence-corrected chi connectivity index (χ2v) is 8.85. The molecule has 1 fully saturated rings. The van der Waals surface area contributed by atoms with Gasteiger partial charge >= 0.3 is 0 Å². The first kappa shape index (κ1) is 22.2. The zero-order chi connectivity index (χ0) is 22.7. The maximum absolute atomic E-state index is 12.8. The minimum Gasteiger partial charge on any atom is -0.419 e. The van der Waals surface area contributed by atoms with E-state index in [4.69, 9.17) is 4.42 Å². The zero-order valence-electron chi connectivity index (χ0n) is 19.4. The third-order valence-corrected chi connectivity index (χ3v) is 6.62. The number of nitrogens with zero attached hydrogens (tertiary/aromatic N) is 4. The number of aromatic nitrogens is 2. The molecule has 0 saturated carbocycles. The van der Waals surface area contributed by atoms with Gasteiger partial charge in [-0.15, -0.1) is 10.2 Å². The molecule has 4 rings (SSSR count). The average Bonchev–Trinajstić information content (AvgIpc) is 3.31. The molecule has 0 radical (unpaired) electrons. The maximum atomic E-state index is 12.8. The van der Waals surface area contributed by atoms with Crippen LogP contribution >= 0.6 is 0 Å². The van der Waals surface area contributed by atoms with Gasteiger partial charge in [0.1, 0.15) is 0 Å². The lowest BCUT2D eigenvalue weighted by Crippen LogP contribution is -2.49. The fourth-order valence-electron chi connectivity index (χ4n) is 4.20. The van der Waals surface area contributed by atoms with Crippen LogP contribution in [0.3, 0.4) is 0 Å². The number of hydrogen-bond acceptors (Lipinski definition) is 5. The summed E-state index contributed by atoms with van der Waals surface area (Å²) in [5.74, 6) is 1.63. The van der Waals surface area contributed by atoms with Gasteiger partial charge in [0, 0.05) is 38.2 Å². The molecule has 3 aromatic rings. The normalized spacial score (nSPS) is 16.7. The topological polar surface area (TPSA) is 62.5 Å². The number of aryl methyl sites for hydroxylation is 2. The summed E-state index contributed by atoms with van der Waals surface area (Å²) in [7, 11) is 0. The van der Waals surface area contributed by atoms with E-state index in [0.29, 0.717) is 18.2 Å². The highest BCUT2D eigenvalue weighted by molar-refractivity contribution is 5.77. The quantitative estimate of drug-likeness (QED) is 0.562. The van der Waals surface area contributed by atoms with Crippen molar-refractivity contribution in [1.82, 2.24) is 20.0 Å². The van der Waals surface area contributed by atoms with Crippen LogP contribution < -0.4 is 0 Å². The molecule has 1 amide bonds. The van der Waals surface area contributed by atoms with Gasteiger partial charge in [0.25, 0.3) is 0 Å². The Morgan fingerprint density at radius 2 is 1.69 bits per heavy atom. The SMILES string of the molecule is Cc1ccc(-c2nnc([C@H](C)N3CCN(C(=O)C[C@H](C)c4ccccc4)CC3)o2)cc1C. The molecule has 1 aliphatic heterocycles. The summed E-state index contributed by atoms with van der Waals surface area (Å²) in [5, 5.41) is 8.58. The number of carbonyl (C=O) groups is 1. The van der Waals surface area contributed by atoms with Crippen molar-refractivity contribution in [3.8, 4) is 11.5 Å². The van der Waals surface area contributed by atoms with Crippen LogP contribution in [-0.2, 0) is 4.79 Å². The van der Waals surface area contributed by atoms with Gasteiger partial charge < -0.3 is 9.32 Å². The van der Waals surface area contributed by atoms with Crippen LogP contribution in [-0.4, -0.2) is 52.1 Å². The monoisotopic (exact) mass is 432 g/mol. The molecule has 1 aromatic heterocycles. The molecule has 0 N–H and O–H groups in total. The van der Waals surface area contributed by atoms with Crippen LogP contribution in [0.1, 0.15) is 54.8 Å². The molecular weight excluding hydrogens is 400 g/mol. The summed E-state index contributed by atoms with van der Waals surface area (Å²) in [5.41, 5.74) is 4.61. The van der Waals surface area contributed by atoms with Crippen molar-refractivity contribution < 1.29 is 9.21 Å². The van der Waals surface area contributed by atoms with Crippen LogP contribution in [0.5, 0.6) is 0 Å². The van der Waals surface area contributed by atoms with E-state index in [0.717, 1.165) is 31.7 Å². The van der Waals surface area contributed by atoms with E-state index in [1.54, 1.807) is 0 Å². The average molecular weight is 433 g/mol. The first-order valence-corrected chi connectivity index (χ1v) is 11.4. The highest BCUT2D eigenvalue weighted by atomic mass is 16.4. The molecule has 2 atom stereocenters. The highest BCUT2D eigenvalue weighted by Gasteiger charge is 2.28. The lowest BCUT2D eigenvalue weighted by atomic mass is 9.97. The largest absolute Gasteiger partial charge is 0.419 e. The van der Waals surface area contributed by atoms with Gasteiger partial charge in [0.2, 0.25) is 17.7 Å². The summed E-state index contributed by atoms with van der Waals surface area (Å²) in [6.07, 6.45) is 0.544. The van der Waals surface area contributed by atoms with Crippen LogP contribution in [0.25, 0.3) is 11.5 Å². The number of benzene rings is 2. The third kappa shape index (κ3) is 4.91. The molecule has 6 heteroatoms. The predicted octanol–water partition coefficient (Wildman–Crippen LogP) is 4.75. The van der Waals surface area contributed by atoms with Crippen LogP contribution in [0.15, 0.2) is 52.9 Å². The van der Waals surface area contributed by atoms with Crippen molar-refractivity contribution in [2.45, 2.75) is 46.1 Å². The molecule has 2 aromatic carbocycles. The Morgan fingerprint density at radius 1 is 0.969 bits per heavy atom. The minimum absolute atomic E-state index is 0.0169. The number of hydrogen-bond donors (Lipinski definition) is 0. The van der Waals surface area contributed by atoms with Gasteiger partial charge in [0.05, 0.1) is 6.04 Å². The first-order chi connectivity index (χ1) is 15.4. The highest BCUT2D eigenvalue weighted by Crippen LogP contribution is 2.26. The Bertz CT molecular complexity index is 1050. The molecular formula is C26H32N4O2. The summed E-state index contributed by atoms with van der Waals surface area (Å²) >= 11 is 0. The number of carbonyl (C=O) groups excluding carboxylic acids is 1. The molecule has 0 aliphatic carbocycles. The van der Waals surface area contributed by atoms with E-state index in [9.17, 15) is 4.79 Å². The molecule has 0 bridgehead atoms. The molecule has 6 nitrogen and oxygen atoms in total. The molecule has 1 saturated heterocycles. The van der Waals surface area contributed by atoms with E-state index >= 15 is 0 Å². The van der Waals surface area contributed by atoms with Gasteiger partial charge in [-0.1, -0.05) is 43.3 Å². The fraction of sp³-hybridized carbons (Fsp3) is 0.423. The smallest absolute Gasteiger partial charge is 0.247 e. The van der Waals surface area contributed by atoms with Gasteiger partial charge in [-0.2, -0.15) is 0 Å². The van der Waals surface area contributed by atoms with Crippen molar-refractivity contribution in [2.75, 3.05) is 26.2 Å². The summed E-state index contributed by atoms with van der Waals surface area (Å²) in [6.45, 7) is 11.4. The fourth-order valence-corrected chi connectivity index (χ4v) is 4.20. The van der Waals surface area contributed by atoms with E-state index in [-0.39, 0.29) is 17.9 Å². The lowest BCUT2D eigenvalue weighted by Gasteiger charge is -2.37. The van der Waals surface area contributed by atoms with Gasteiger partial charge in [-0.25, -0.2) is 0 Å². The van der Waals surface area contributed by atoms with E-state index < -0.39 is 0 Å². The van der Waals surface area contributed by atoms with Crippen LogP contribution in [0.4, 0.5) is 0 Å². The standard InChI is InChI=1S/C26H32N4O2/c1-18-10-11-23(16-19(18)2)26-28-27-25(32-26)21(4)29-12-14-30(15-13-29)24(31)17-20(3)22-8-6-5-7-9-22/h5-11,16,20-21H,12-15,17H2,1-4H3/t20-,21-/m0/s1. The van der Waals surface area contributed by atoms with Crippen LogP contribution in [0, 0.1) is 13.8 Å². The van der Waals surface area contributed by atoms with Gasteiger partial charge in [0.15, 0.2) is 0 Å². The van der Waals surface area contributed by atoms with Gasteiger partial charge in [-0.05, 0) is 55.5 Å². The number of piperazine rings is 1. The molecule has 2 heterocycles. The molecule has 168 valence electrons. The van der Waals surface area contributed by atoms with Crippen molar-refractivity contribution >= 4 is 5.91 Å². The van der Waals surface area contributed by atoms with Gasteiger partial charge in [-0.3, -0.25) is 9.69 Å². The Hall–Kier alpha value is -2.99. The predicted molar refractivity (Wildman–Crippen MR) is 125 cm³/mol. The Balaban J connectivity index is 1.32. The first-order valence-electron chi connectivity index (χ1n) is 11.4. The molecule has 1 aliphatic rings. The van der Waals surface area contributed by atoms with Crippen molar-refractivity contribution in [1.29, 1.82) is 0 Å². The molecule has 0 unspecified atom stereocenters. The second-order valence-electron chi connectivity index (χ2n) is 8.85. The minimum atomic E-state index is 0.0169. The summed E-state index contributed by atoms with van der Waals surface area (Å²) in [6, 6.07) is 16.4. The Kier molecular flexibility index (Phi) is 6.70. The maximum Gasteiger partial charge on any atom is 0.247 e. The second kappa shape index (κ2) is 9.65. The summed E-state index contributed by atoms with van der Waals surface area (Å²) < 4.78 is 6.01. The van der Waals surface area contributed by atoms with E-state index in [1.807, 2.05) is 29.2 Å². The Morgan fingerprint density at radius 3 is 2.38 bits per heavy atom. The van der Waals surface area contributed by atoms with Crippen molar-refractivity contribution in [2.24, 2.45) is 0 Å². The zero-order valence-corrected chi connectivity index (χ0v) is 19.4. The van der Waals surface area contributed by atoms with Crippen molar-refractivity contribution in [3.63, 3.8) is 0 Å². The molecule has 32 heavy (non-hydrogen) atoms. The number of rotatable bonds is 6. The van der Waals surface area contributed by atoms with E-state index in [1.165, 1.54) is 16.7 Å². The lowest BCUT2D eigenvalue weighted by molar-refractivity contribution is -0.133. The third-order valence-electron chi connectivity index (χ3n) is 6.62. The number of amides is 1. The molecule has 0 spiro atoms. The Labute approximate surface area is 190 Å². The van der Waals surface area contributed by atoms with Crippen molar-refractivity contribution in [3.05, 3.63) is 71.1 Å². The van der Waals surface area contributed by atoms with Crippen LogP contribution in [0.2, 0.25) is 0 Å². The van der Waals surface area contributed by atoms with E-state index in [2.05, 4.69) is 67.1 Å². The summed E-state index contributed by atoms with van der Waals surface area (Å²) in [4.78, 5) is 17.1.